The van der Waals surface area contributed by atoms with E-state index in [0.29, 0.717) is 6.54 Å². The van der Waals surface area contributed by atoms with Gasteiger partial charge in [0.25, 0.3) is 0 Å². The van der Waals surface area contributed by atoms with Crippen LogP contribution in [0.25, 0.3) is 0 Å². The lowest BCUT2D eigenvalue weighted by atomic mass is 10.2. The molecule has 1 unspecified atom stereocenters. The average Bonchev–Trinajstić information content (AvgIpc) is 2.87. The first-order valence-corrected chi connectivity index (χ1v) is 6.13. The maximum absolute atomic E-state index is 5.88. The molecule has 0 aliphatic heterocycles. The highest BCUT2D eigenvalue weighted by Gasteiger charge is 2.09. The van der Waals surface area contributed by atoms with Gasteiger partial charge in [-0.1, -0.05) is 12.1 Å². The van der Waals surface area contributed by atoms with Gasteiger partial charge in [-0.05, 0) is 13.3 Å². The summed E-state index contributed by atoms with van der Waals surface area (Å²) in [4.78, 5) is 4.38. The predicted molar refractivity (Wildman–Crippen MR) is 63.2 cm³/mol. The van der Waals surface area contributed by atoms with Gasteiger partial charge in [-0.15, -0.1) is 16.4 Å². The molecule has 0 aromatic carbocycles. The van der Waals surface area contributed by atoms with Crippen LogP contribution >= 0.6 is 11.3 Å². The van der Waals surface area contributed by atoms with Gasteiger partial charge in [0.2, 0.25) is 0 Å². The molecule has 2 aromatic rings. The molecule has 6 heteroatoms. The summed E-state index contributed by atoms with van der Waals surface area (Å²) in [5.41, 5.74) is 7.74. The van der Waals surface area contributed by atoms with E-state index in [9.17, 15) is 0 Å². The van der Waals surface area contributed by atoms with Crippen molar-refractivity contribution in [3.8, 4) is 0 Å². The fraction of sp³-hybridized carbons (Fsp3) is 0.500. The molecule has 2 rings (SSSR count). The molecule has 0 radical (unpaired) electrons. The van der Waals surface area contributed by atoms with E-state index in [0.717, 1.165) is 22.8 Å². The molecule has 2 aromatic heterocycles. The van der Waals surface area contributed by atoms with E-state index in [4.69, 9.17) is 5.73 Å². The summed E-state index contributed by atoms with van der Waals surface area (Å²) in [6.07, 6.45) is 2.76. The summed E-state index contributed by atoms with van der Waals surface area (Å²) < 4.78 is 1.78. The van der Waals surface area contributed by atoms with Crippen LogP contribution in [0.2, 0.25) is 0 Å². The van der Waals surface area contributed by atoms with E-state index in [1.54, 1.807) is 16.0 Å². The molecule has 0 fully saturated rings. The minimum atomic E-state index is -0.0223. The van der Waals surface area contributed by atoms with Gasteiger partial charge < -0.3 is 5.73 Å². The fourth-order valence-electron chi connectivity index (χ4n) is 1.42. The highest BCUT2D eigenvalue weighted by Crippen LogP contribution is 2.12. The van der Waals surface area contributed by atoms with Crippen LogP contribution in [0.5, 0.6) is 0 Å². The summed E-state index contributed by atoms with van der Waals surface area (Å²) >= 11 is 1.64. The number of nitrogens with zero attached hydrogens (tertiary/aromatic N) is 4. The maximum atomic E-state index is 5.88. The van der Waals surface area contributed by atoms with Crippen molar-refractivity contribution in [2.45, 2.75) is 32.9 Å². The van der Waals surface area contributed by atoms with E-state index < -0.39 is 0 Å². The van der Waals surface area contributed by atoms with Gasteiger partial charge in [0.05, 0.1) is 35.2 Å². The second-order valence-corrected chi connectivity index (χ2v) is 4.78. The topological polar surface area (TPSA) is 69.6 Å². The summed E-state index contributed by atoms with van der Waals surface area (Å²) in [6.45, 7) is 4.69. The van der Waals surface area contributed by atoms with Crippen molar-refractivity contribution in [2.75, 3.05) is 0 Å². The molecule has 0 bridgehead atoms. The largest absolute Gasteiger partial charge is 0.323 e. The summed E-state index contributed by atoms with van der Waals surface area (Å²) in [5, 5.41) is 11.2. The number of aromatic nitrogens is 4. The van der Waals surface area contributed by atoms with Gasteiger partial charge in [-0.25, -0.2) is 9.67 Å². The van der Waals surface area contributed by atoms with Crippen molar-refractivity contribution in [3.05, 3.63) is 28.0 Å². The number of aryl methyl sites for hydroxylation is 1. The van der Waals surface area contributed by atoms with Crippen molar-refractivity contribution in [3.63, 3.8) is 0 Å². The Labute approximate surface area is 98.3 Å². The zero-order valence-electron chi connectivity index (χ0n) is 9.42. The Morgan fingerprint density at radius 1 is 1.56 bits per heavy atom. The molecule has 0 saturated heterocycles. The molecule has 1 atom stereocenters. The molecular formula is C10H15N5S. The van der Waals surface area contributed by atoms with Crippen molar-refractivity contribution < 1.29 is 0 Å². The second kappa shape index (κ2) is 4.71. The Kier molecular flexibility index (Phi) is 3.31. The average molecular weight is 237 g/mol. The van der Waals surface area contributed by atoms with Crippen molar-refractivity contribution >= 4 is 11.3 Å². The monoisotopic (exact) mass is 237 g/mol. The van der Waals surface area contributed by atoms with Crippen molar-refractivity contribution in [2.24, 2.45) is 5.73 Å². The highest BCUT2D eigenvalue weighted by molar-refractivity contribution is 7.09. The molecule has 0 spiro atoms. The van der Waals surface area contributed by atoms with Gasteiger partial charge in [0.1, 0.15) is 0 Å². The zero-order valence-corrected chi connectivity index (χ0v) is 10.2. The van der Waals surface area contributed by atoms with Crippen LogP contribution in [0, 0.1) is 6.92 Å². The third-order valence-corrected chi connectivity index (χ3v) is 3.19. The fourth-order valence-corrected chi connectivity index (χ4v) is 2.02. The number of hydrogen-bond donors (Lipinski definition) is 1. The number of hydrogen-bond acceptors (Lipinski definition) is 5. The quantitative estimate of drug-likeness (QED) is 0.875. The van der Waals surface area contributed by atoms with E-state index in [2.05, 4.69) is 15.3 Å². The lowest BCUT2D eigenvalue weighted by molar-refractivity contribution is 0.636. The van der Waals surface area contributed by atoms with Crippen LogP contribution in [-0.4, -0.2) is 20.0 Å². The van der Waals surface area contributed by atoms with Crippen LogP contribution in [0.15, 0.2) is 11.6 Å². The standard InChI is InChI=1S/C10H15N5S/c1-3-9(11)10-5-15(14-13-10)4-8-6-16-7(2)12-8/h5-6,9H,3-4,11H2,1-2H3. The molecule has 86 valence electrons. The smallest absolute Gasteiger partial charge is 0.0994 e. The molecular weight excluding hydrogens is 222 g/mol. The minimum absolute atomic E-state index is 0.0223. The molecule has 0 saturated carbocycles. The Hall–Kier alpha value is -1.27. The van der Waals surface area contributed by atoms with Crippen LogP contribution < -0.4 is 5.73 Å². The molecule has 2 N–H and O–H groups in total. The number of nitrogens with two attached hydrogens (primary N) is 1. The van der Waals surface area contributed by atoms with Gasteiger partial charge in [-0.3, -0.25) is 0 Å². The Balaban J connectivity index is 2.08. The molecule has 0 aliphatic carbocycles. The molecule has 16 heavy (non-hydrogen) atoms. The van der Waals surface area contributed by atoms with Crippen molar-refractivity contribution in [1.29, 1.82) is 0 Å². The minimum Gasteiger partial charge on any atom is -0.323 e. The third-order valence-electron chi connectivity index (χ3n) is 2.37. The maximum Gasteiger partial charge on any atom is 0.0994 e. The van der Waals surface area contributed by atoms with Gasteiger partial charge in [0.15, 0.2) is 0 Å². The van der Waals surface area contributed by atoms with Crippen LogP contribution in [-0.2, 0) is 6.54 Å². The first kappa shape index (κ1) is 11.2. The summed E-state index contributed by atoms with van der Waals surface area (Å²) in [7, 11) is 0. The summed E-state index contributed by atoms with van der Waals surface area (Å²) in [5.74, 6) is 0. The highest BCUT2D eigenvalue weighted by atomic mass is 32.1. The molecule has 2 heterocycles. The van der Waals surface area contributed by atoms with Crippen LogP contribution in [0.3, 0.4) is 0 Å². The van der Waals surface area contributed by atoms with E-state index in [1.165, 1.54) is 0 Å². The SMILES string of the molecule is CCC(N)c1cn(Cc2csc(C)n2)nn1. The zero-order chi connectivity index (χ0) is 11.5. The first-order valence-electron chi connectivity index (χ1n) is 5.25. The molecule has 5 nitrogen and oxygen atoms in total. The van der Waals surface area contributed by atoms with Gasteiger partial charge in [0, 0.05) is 5.38 Å². The van der Waals surface area contributed by atoms with E-state index in [1.807, 2.05) is 25.4 Å². The van der Waals surface area contributed by atoms with Gasteiger partial charge >= 0.3 is 0 Å². The van der Waals surface area contributed by atoms with Crippen LogP contribution in [0.1, 0.15) is 35.8 Å². The Morgan fingerprint density at radius 2 is 2.38 bits per heavy atom. The predicted octanol–water partition coefficient (Wildman–Crippen LogP) is 1.50. The lowest BCUT2D eigenvalue weighted by Gasteiger charge is -2.01. The van der Waals surface area contributed by atoms with E-state index >= 15 is 0 Å². The number of rotatable bonds is 4. The lowest BCUT2D eigenvalue weighted by Crippen LogP contribution is -2.08. The van der Waals surface area contributed by atoms with Crippen molar-refractivity contribution in [1.82, 2.24) is 20.0 Å². The Bertz CT molecular complexity index is 461. The molecule has 0 amide bonds. The normalized spacial score (nSPS) is 12.9. The Morgan fingerprint density at radius 3 is 3.00 bits per heavy atom. The summed E-state index contributed by atoms with van der Waals surface area (Å²) in [6, 6.07) is -0.0223. The third kappa shape index (κ3) is 2.45. The second-order valence-electron chi connectivity index (χ2n) is 3.71. The van der Waals surface area contributed by atoms with Gasteiger partial charge in [-0.2, -0.15) is 0 Å². The van der Waals surface area contributed by atoms with E-state index in [-0.39, 0.29) is 6.04 Å². The molecule has 0 aliphatic rings. The van der Waals surface area contributed by atoms with Crippen LogP contribution in [0.4, 0.5) is 0 Å². The number of thiazole rings is 1. The first-order chi connectivity index (χ1) is 7.69.